The zero-order valence-electron chi connectivity index (χ0n) is 34.9. The summed E-state index contributed by atoms with van der Waals surface area (Å²) in [5, 5.41) is 2.62. The lowest BCUT2D eigenvalue weighted by atomic mass is 9.64. The van der Waals surface area contributed by atoms with Crippen molar-refractivity contribution >= 4 is 65.6 Å². The molecule has 3 heteroatoms. The summed E-state index contributed by atoms with van der Waals surface area (Å²) < 4.78 is 2.63. The Balaban J connectivity index is 1.01. The van der Waals surface area contributed by atoms with Crippen molar-refractivity contribution in [2.24, 2.45) is 0 Å². The lowest BCUT2D eigenvalue weighted by molar-refractivity contribution is 0.752. The predicted octanol–water partition coefficient (Wildman–Crippen LogP) is 17.0. The SMILES string of the molecule is c1ccc(-c2ccc(N(c3cccc(-c4ccc5sc6ccccc6c5c4)c3)c3ccc4c(c3)-c3ccccc3C43c4ccccc4N(c4ccccc4)c4ccccc43)cc2)cc1. The van der Waals surface area contributed by atoms with Gasteiger partial charge >= 0.3 is 0 Å². The number of anilines is 6. The molecule has 2 nitrogen and oxygen atoms in total. The summed E-state index contributed by atoms with van der Waals surface area (Å²) in [7, 11) is 0. The Morgan fingerprint density at radius 1 is 0.328 bits per heavy atom. The average molecular weight is 833 g/mol. The summed E-state index contributed by atoms with van der Waals surface area (Å²) in [6.45, 7) is 0. The van der Waals surface area contributed by atoms with E-state index in [0.717, 1.165) is 22.7 Å². The van der Waals surface area contributed by atoms with Gasteiger partial charge in [-0.3, -0.25) is 0 Å². The molecule has 1 spiro atoms. The average Bonchev–Trinajstić information content (AvgIpc) is 3.88. The molecule has 11 aromatic rings. The number of hydrogen-bond acceptors (Lipinski definition) is 3. The third-order valence-corrected chi connectivity index (χ3v) is 14.6. The van der Waals surface area contributed by atoms with Gasteiger partial charge in [0.05, 0.1) is 16.8 Å². The van der Waals surface area contributed by atoms with Crippen LogP contribution >= 0.6 is 11.3 Å². The lowest BCUT2D eigenvalue weighted by Crippen LogP contribution is -2.36. The van der Waals surface area contributed by atoms with Crippen molar-refractivity contribution in [1.82, 2.24) is 0 Å². The van der Waals surface area contributed by atoms with Gasteiger partial charge in [0, 0.05) is 42.9 Å². The Hall–Kier alpha value is -7.98. The van der Waals surface area contributed by atoms with Crippen LogP contribution in [0.3, 0.4) is 0 Å². The summed E-state index contributed by atoms with van der Waals surface area (Å²) in [6, 6.07) is 89.6. The fourth-order valence-corrected chi connectivity index (χ4v) is 11.8. The first-order valence-corrected chi connectivity index (χ1v) is 22.8. The summed E-state index contributed by atoms with van der Waals surface area (Å²) in [6.07, 6.45) is 0. The molecular formula is C61H40N2S. The highest BCUT2D eigenvalue weighted by Gasteiger charge is 2.51. The van der Waals surface area contributed by atoms with Crippen LogP contribution in [0.5, 0.6) is 0 Å². The molecule has 2 aliphatic rings. The van der Waals surface area contributed by atoms with Crippen molar-refractivity contribution in [1.29, 1.82) is 0 Å². The lowest BCUT2D eigenvalue weighted by Gasteiger charge is -2.45. The highest BCUT2D eigenvalue weighted by atomic mass is 32.1. The van der Waals surface area contributed by atoms with Gasteiger partial charge in [0.25, 0.3) is 0 Å². The number of nitrogens with zero attached hydrogens (tertiary/aromatic N) is 2. The molecule has 10 aromatic carbocycles. The molecule has 0 radical (unpaired) electrons. The van der Waals surface area contributed by atoms with Gasteiger partial charge in [-0.05, 0) is 134 Å². The van der Waals surface area contributed by atoms with Crippen LogP contribution in [0.15, 0.2) is 243 Å². The number of benzene rings is 10. The third kappa shape index (κ3) is 5.51. The van der Waals surface area contributed by atoms with Crippen molar-refractivity contribution in [3.05, 3.63) is 265 Å². The maximum absolute atomic E-state index is 2.44. The molecular weight excluding hydrogens is 793 g/mol. The van der Waals surface area contributed by atoms with Crippen LogP contribution in [0, 0.1) is 0 Å². The molecule has 0 N–H and O–H groups in total. The molecule has 0 atom stereocenters. The Labute approximate surface area is 377 Å². The second-order valence-corrected chi connectivity index (χ2v) is 17.9. The predicted molar refractivity (Wildman–Crippen MR) is 270 cm³/mol. The fourth-order valence-electron chi connectivity index (χ4n) is 10.7. The smallest absolute Gasteiger partial charge is 0.0754 e. The molecule has 0 saturated carbocycles. The first-order chi connectivity index (χ1) is 31.7. The first-order valence-electron chi connectivity index (χ1n) is 22.0. The Morgan fingerprint density at radius 2 is 0.875 bits per heavy atom. The second kappa shape index (κ2) is 14.6. The minimum absolute atomic E-state index is 0.518. The van der Waals surface area contributed by atoms with Gasteiger partial charge in [-0.2, -0.15) is 0 Å². The molecule has 13 rings (SSSR count). The van der Waals surface area contributed by atoms with Crippen LogP contribution in [-0.2, 0) is 5.41 Å². The highest BCUT2D eigenvalue weighted by Crippen LogP contribution is 2.63. The van der Waals surface area contributed by atoms with E-state index >= 15 is 0 Å². The van der Waals surface area contributed by atoms with Crippen molar-refractivity contribution in [3.63, 3.8) is 0 Å². The molecule has 0 fully saturated rings. The van der Waals surface area contributed by atoms with E-state index in [4.69, 9.17) is 0 Å². The Bertz CT molecular complexity index is 3520. The molecule has 64 heavy (non-hydrogen) atoms. The van der Waals surface area contributed by atoms with Gasteiger partial charge in [0.2, 0.25) is 0 Å². The molecule has 2 heterocycles. The van der Waals surface area contributed by atoms with Gasteiger partial charge in [-0.25, -0.2) is 0 Å². The van der Waals surface area contributed by atoms with E-state index in [-0.39, 0.29) is 0 Å². The van der Waals surface area contributed by atoms with Gasteiger partial charge in [0.15, 0.2) is 0 Å². The highest BCUT2D eigenvalue weighted by molar-refractivity contribution is 7.25. The Kier molecular flexibility index (Phi) is 8.34. The number of thiophene rings is 1. The van der Waals surface area contributed by atoms with E-state index in [2.05, 4.69) is 252 Å². The minimum atomic E-state index is -0.518. The second-order valence-electron chi connectivity index (χ2n) is 16.8. The van der Waals surface area contributed by atoms with E-state index in [1.54, 1.807) is 0 Å². The topological polar surface area (TPSA) is 6.48 Å². The quantitative estimate of drug-likeness (QED) is 0.165. The zero-order valence-corrected chi connectivity index (χ0v) is 35.7. The van der Waals surface area contributed by atoms with Gasteiger partial charge in [-0.15, -0.1) is 11.3 Å². The number of rotatable bonds is 6. The number of fused-ring (bicyclic) bond motifs is 12. The largest absolute Gasteiger partial charge is 0.310 e. The van der Waals surface area contributed by atoms with Gasteiger partial charge in [0.1, 0.15) is 0 Å². The summed E-state index contributed by atoms with van der Waals surface area (Å²) in [4.78, 5) is 4.88. The monoisotopic (exact) mass is 832 g/mol. The standard InChI is InChI=1S/C61H40N2S/c1-3-16-41(17-4-1)42-30-33-46(34-31-42)62(47-21-15-18-43(38-47)44-32-37-60-52(39-44)50-23-8-14-29-59(50)64-60)48-35-36-54-51(40-48)49-22-7-9-24-53(49)61(54)55-25-10-12-27-57(55)63(45-19-5-2-6-20-45)58-28-13-11-26-56(58)61/h1-40H. The summed E-state index contributed by atoms with van der Waals surface area (Å²) in [5.41, 5.74) is 18.8. The summed E-state index contributed by atoms with van der Waals surface area (Å²) in [5.74, 6) is 0. The van der Waals surface area contributed by atoms with E-state index in [1.165, 1.54) is 87.2 Å². The molecule has 0 bridgehead atoms. The van der Waals surface area contributed by atoms with Crippen molar-refractivity contribution in [2.45, 2.75) is 5.41 Å². The Morgan fingerprint density at radius 3 is 1.66 bits per heavy atom. The summed E-state index contributed by atoms with van der Waals surface area (Å²) >= 11 is 1.86. The van der Waals surface area contributed by atoms with Gasteiger partial charge in [-0.1, -0.05) is 164 Å². The van der Waals surface area contributed by atoms with E-state index < -0.39 is 5.41 Å². The van der Waals surface area contributed by atoms with E-state index in [9.17, 15) is 0 Å². The van der Waals surface area contributed by atoms with Crippen molar-refractivity contribution in [2.75, 3.05) is 9.80 Å². The van der Waals surface area contributed by atoms with Crippen LogP contribution in [0.2, 0.25) is 0 Å². The van der Waals surface area contributed by atoms with E-state index in [0.29, 0.717) is 0 Å². The molecule has 0 saturated heterocycles. The molecule has 1 aliphatic carbocycles. The van der Waals surface area contributed by atoms with Crippen molar-refractivity contribution < 1.29 is 0 Å². The van der Waals surface area contributed by atoms with Crippen LogP contribution in [-0.4, -0.2) is 0 Å². The number of para-hydroxylation sites is 3. The molecule has 300 valence electrons. The van der Waals surface area contributed by atoms with E-state index in [1.807, 2.05) is 11.3 Å². The van der Waals surface area contributed by atoms with Crippen LogP contribution in [0.25, 0.3) is 53.6 Å². The maximum atomic E-state index is 2.44. The van der Waals surface area contributed by atoms with Crippen LogP contribution < -0.4 is 9.80 Å². The number of hydrogen-bond donors (Lipinski definition) is 0. The van der Waals surface area contributed by atoms with Gasteiger partial charge < -0.3 is 9.80 Å². The molecule has 0 amide bonds. The maximum Gasteiger partial charge on any atom is 0.0754 e. The normalized spacial score (nSPS) is 13.1. The molecule has 1 aromatic heterocycles. The van der Waals surface area contributed by atoms with Crippen LogP contribution in [0.4, 0.5) is 34.1 Å². The molecule has 1 aliphatic heterocycles. The van der Waals surface area contributed by atoms with Crippen LogP contribution in [0.1, 0.15) is 22.3 Å². The minimum Gasteiger partial charge on any atom is -0.310 e. The fraction of sp³-hybridized carbons (Fsp3) is 0.0164. The first kappa shape index (κ1) is 36.7. The van der Waals surface area contributed by atoms with Crippen molar-refractivity contribution in [3.8, 4) is 33.4 Å². The molecule has 0 unspecified atom stereocenters. The third-order valence-electron chi connectivity index (χ3n) is 13.4. The zero-order chi connectivity index (χ0) is 42.2.